The fourth-order valence-electron chi connectivity index (χ4n) is 3.87. The summed E-state index contributed by atoms with van der Waals surface area (Å²) < 4.78 is 34.5. The largest absolute Gasteiger partial charge is 0.456 e. The van der Waals surface area contributed by atoms with Crippen LogP contribution in [0.5, 0.6) is 0 Å². The lowest BCUT2D eigenvalue weighted by atomic mass is 10.1. The Kier molecular flexibility index (Phi) is 5.75. The standard InChI is InChI=1S/C27H21ClN2O4S/c1-16-7-9-20(13-17(16)2)30-35(32,33)26-14-18(8-12-23(26)28)27(31)29-19-10-11-22-21-5-3-4-6-24(21)34-25(22)15-19/h3-15,30H,1-2H3,(H,29,31). The minimum absolute atomic E-state index is 0.0154. The van der Waals surface area contributed by atoms with Gasteiger partial charge in [-0.1, -0.05) is 35.9 Å². The molecule has 0 aliphatic heterocycles. The maximum Gasteiger partial charge on any atom is 0.263 e. The zero-order chi connectivity index (χ0) is 24.7. The van der Waals surface area contributed by atoms with Crippen LogP contribution in [0.15, 0.2) is 88.2 Å². The Labute approximate surface area is 207 Å². The lowest BCUT2D eigenvalue weighted by Crippen LogP contribution is -2.16. The molecule has 176 valence electrons. The van der Waals surface area contributed by atoms with Crippen LogP contribution in [0.4, 0.5) is 11.4 Å². The zero-order valence-electron chi connectivity index (χ0n) is 18.9. The Balaban J connectivity index is 1.42. The highest BCUT2D eigenvalue weighted by atomic mass is 35.5. The molecule has 0 spiro atoms. The van der Waals surface area contributed by atoms with E-state index in [1.807, 2.05) is 50.2 Å². The predicted octanol–water partition coefficient (Wildman–Crippen LogP) is 6.91. The van der Waals surface area contributed by atoms with Gasteiger partial charge in [0.15, 0.2) is 0 Å². The molecule has 5 rings (SSSR count). The van der Waals surface area contributed by atoms with Crippen molar-refractivity contribution in [3.05, 3.63) is 101 Å². The third kappa shape index (κ3) is 4.48. The molecule has 0 radical (unpaired) electrons. The molecule has 0 saturated heterocycles. The Bertz CT molecular complexity index is 1720. The Morgan fingerprint density at radius 3 is 2.34 bits per heavy atom. The first-order valence-electron chi connectivity index (χ1n) is 10.8. The van der Waals surface area contributed by atoms with Crippen LogP contribution in [-0.4, -0.2) is 14.3 Å². The summed E-state index contributed by atoms with van der Waals surface area (Å²) in [5, 5.41) is 4.74. The predicted molar refractivity (Wildman–Crippen MR) is 140 cm³/mol. The second kappa shape index (κ2) is 8.76. The maximum atomic E-state index is 13.0. The SMILES string of the molecule is Cc1ccc(NS(=O)(=O)c2cc(C(=O)Nc3ccc4c(c3)oc3ccccc34)ccc2Cl)cc1C. The second-order valence-corrected chi connectivity index (χ2v) is 10.4. The van der Waals surface area contributed by atoms with Gasteiger partial charge in [0.2, 0.25) is 0 Å². The summed E-state index contributed by atoms with van der Waals surface area (Å²) in [5.74, 6) is -0.472. The molecule has 0 fully saturated rings. The van der Waals surface area contributed by atoms with Crippen LogP contribution >= 0.6 is 11.6 Å². The number of sulfonamides is 1. The van der Waals surface area contributed by atoms with E-state index in [-0.39, 0.29) is 15.5 Å². The van der Waals surface area contributed by atoms with Gasteiger partial charge in [-0.3, -0.25) is 9.52 Å². The normalized spacial score (nSPS) is 11.6. The van der Waals surface area contributed by atoms with Crippen molar-refractivity contribution in [1.82, 2.24) is 0 Å². The van der Waals surface area contributed by atoms with Gasteiger partial charge in [-0.25, -0.2) is 8.42 Å². The van der Waals surface area contributed by atoms with Crippen molar-refractivity contribution in [1.29, 1.82) is 0 Å². The van der Waals surface area contributed by atoms with Gasteiger partial charge in [0.25, 0.3) is 15.9 Å². The molecule has 0 unspecified atom stereocenters. The Morgan fingerprint density at radius 2 is 1.54 bits per heavy atom. The van der Waals surface area contributed by atoms with E-state index in [1.54, 1.807) is 24.3 Å². The highest BCUT2D eigenvalue weighted by Gasteiger charge is 2.21. The molecule has 1 amide bonds. The number of amides is 1. The molecule has 1 aromatic heterocycles. The summed E-state index contributed by atoms with van der Waals surface area (Å²) in [6.45, 7) is 3.84. The number of anilines is 2. The number of rotatable bonds is 5. The number of hydrogen-bond donors (Lipinski definition) is 2. The summed E-state index contributed by atoms with van der Waals surface area (Å²) >= 11 is 6.21. The molecule has 1 heterocycles. The van der Waals surface area contributed by atoms with Gasteiger partial charge in [-0.15, -0.1) is 0 Å². The highest BCUT2D eigenvalue weighted by Crippen LogP contribution is 2.31. The molecule has 0 aliphatic rings. The summed E-state index contributed by atoms with van der Waals surface area (Å²) in [6, 6.07) is 22.5. The second-order valence-electron chi connectivity index (χ2n) is 8.31. The van der Waals surface area contributed by atoms with Gasteiger partial charge in [-0.05, 0) is 73.5 Å². The van der Waals surface area contributed by atoms with Crippen molar-refractivity contribution in [3.8, 4) is 0 Å². The van der Waals surface area contributed by atoms with Gasteiger partial charge < -0.3 is 9.73 Å². The number of halogens is 1. The molecule has 0 bridgehead atoms. The van der Waals surface area contributed by atoms with Gasteiger partial charge >= 0.3 is 0 Å². The Hall–Kier alpha value is -3.81. The molecule has 0 atom stereocenters. The van der Waals surface area contributed by atoms with Gasteiger partial charge in [0.1, 0.15) is 16.1 Å². The van der Waals surface area contributed by atoms with Gasteiger partial charge in [0.05, 0.1) is 5.02 Å². The minimum atomic E-state index is -4.02. The summed E-state index contributed by atoms with van der Waals surface area (Å²) in [6.07, 6.45) is 0. The van der Waals surface area contributed by atoms with Crippen molar-refractivity contribution in [2.45, 2.75) is 18.7 Å². The van der Waals surface area contributed by atoms with E-state index in [0.29, 0.717) is 17.0 Å². The van der Waals surface area contributed by atoms with Gasteiger partial charge in [-0.2, -0.15) is 0 Å². The number of fused-ring (bicyclic) bond motifs is 3. The van der Waals surface area contributed by atoms with Crippen LogP contribution in [-0.2, 0) is 10.0 Å². The molecular formula is C27H21ClN2O4S. The van der Waals surface area contributed by atoms with E-state index in [4.69, 9.17) is 16.0 Å². The van der Waals surface area contributed by atoms with Crippen LogP contribution in [0, 0.1) is 13.8 Å². The maximum absolute atomic E-state index is 13.0. The molecular weight excluding hydrogens is 484 g/mol. The first-order valence-corrected chi connectivity index (χ1v) is 12.7. The van der Waals surface area contributed by atoms with Gasteiger partial charge in [0, 0.05) is 33.8 Å². The van der Waals surface area contributed by atoms with E-state index in [2.05, 4.69) is 10.0 Å². The number of hydrogen-bond acceptors (Lipinski definition) is 4. The smallest absolute Gasteiger partial charge is 0.263 e. The summed E-state index contributed by atoms with van der Waals surface area (Å²) in [4.78, 5) is 12.8. The third-order valence-electron chi connectivity index (χ3n) is 5.88. The fourth-order valence-corrected chi connectivity index (χ4v) is 5.45. The van der Waals surface area contributed by atoms with Crippen LogP contribution in [0.3, 0.4) is 0 Å². The third-order valence-corrected chi connectivity index (χ3v) is 7.74. The lowest BCUT2D eigenvalue weighted by Gasteiger charge is -2.12. The average Bonchev–Trinajstić information content (AvgIpc) is 3.19. The average molecular weight is 505 g/mol. The van der Waals surface area contributed by atoms with E-state index in [1.165, 1.54) is 18.2 Å². The monoisotopic (exact) mass is 504 g/mol. The molecule has 0 saturated carbocycles. The minimum Gasteiger partial charge on any atom is -0.456 e. The van der Waals surface area contributed by atoms with E-state index < -0.39 is 15.9 Å². The van der Waals surface area contributed by atoms with E-state index in [0.717, 1.165) is 27.5 Å². The van der Waals surface area contributed by atoms with Crippen LogP contribution in [0.1, 0.15) is 21.5 Å². The number of benzene rings is 4. The number of para-hydroxylation sites is 1. The molecule has 35 heavy (non-hydrogen) atoms. The molecule has 5 aromatic rings. The van der Waals surface area contributed by atoms with Crippen molar-refractivity contribution >= 4 is 60.8 Å². The number of furan rings is 1. The number of aryl methyl sites for hydroxylation is 2. The fraction of sp³-hybridized carbons (Fsp3) is 0.0741. The number of nitrogens with one attached hydrogen (secondary N) is 2. The zero-order valence-corrected chi connectivity index (χ0v) is 20.5. The lowest BCUT2D eigenvalue weighted by molar-refractivity contribution is 0.102. The van der Waals surface area contributed by atoms with Crippen molar-refractivity contribution < 1.29 is 17.6 Å². The van der Waals surface area contributed by atoms with Crippen LogP contribution in [0.25, 0.3) is 21.9 Å². The number of carbonyl (C=O) groups is 1. The quantitative estimate of drug-likeness (QED) is 0.272. The van der Waals surface area contributed by atoms with E-state index >= 15 is 0 Å². The summed E-state index contributed by atoms with van der Waals surface area (Å²) in [7, 11) is -4.02. The Morgan fingerprint density at radius 1 is 0.800 bits per heavy atom. The summed E-state index contributed by atoms with van der Waals surface area (Å²) in [5.41, 5.74) is 4.49. The molecule has 2 N–H and O–H groups in total. The topological polar surface area (TPSA) is 88.4 Å². The van der Waals surface area contributed by atoms with Crippen molar-refractivity contribution in [3.63, 3.8) is 0 Å². The van der Waals surface area contributed by atoms with E-state index in [9.17, 15) is 13.2 Å². The molecule has 4 aromatic carbocycles. The van der Waals surface area contributed by atoms with Crippen LogP contribution < -0.4 is 10.0 Å². The first kappa shape index (κ1) is 23.0. The molecule has 0 aliphatic carbocycles. The van der Waals surface area contributed by atoms with Crippen molar-refractivity contribution in [2.24, 2.45) is 0 Å². The molecule has 8 heteroatoms. The van der Waals surface area contributed by atoms with Crippen molar-refractivity contribution in [2.75, 3.05) is 10.0 Å². The van der Waals surface area contributed by atoms with Crippen LogP contribution in [0.2, 0.25) is 5.02 Å². The number of carbonyl (C=O) groups excluding carboxylic acids is 1. The molecule has 6 nitrogen and oxygen atoms in total. The highest BCUT2D eigenvalue weighted by molar-refractivity contribution is 7.92. The first-order chi connectivity index (χ1) is 16.7.